The van der Waals surface area contributed by atoms with Crippen LogP contribution in [-0.4, -0.2) is 9.97 Å². The van der Waals surface area contributed by atoms with E-state index in [1.165, 1.54) is 65.3 Å². The minimum absolute atomic E-state index is 0.726. The highest BCUT2D eigenvalue weighted by molar-refractivity contribution is 6.22. The van der Waals surface area contributed by atoms with Crippen LogP contribution in [0.5, 0.6) is 0 Å². The molecule has 9 aromatic carbocycles. The maximum Gasteiger partial charge on any atom is 0.160 e. The van der Waals surface area contributed by atoms with Crippen LogP contribution in [0.1, 0.15) is 0 Å². The molecule has 0 spiro atoms. The summed E-state index contributed by atoms with van der Waals surface area (Å²) in [6, 6.07) is 65.3. The maximum absolute atomic E-state index is 5.26. The van der Waals surface area contributed by atoms with Crippen LogP contribution in [-0.2, 0) is 0 Å². The molecule has 0 saturated heterocycles. The number of rotatable bonds is 4. The zero-order chi connectivity index (χ0) is 33.0. The highest BCUT2D eigenvalue weighted by Crippen LogP contribution is 2.46. The minimum atomic E-state index is 0.726. The number of nitrogens with zero attached hydrogens (tertiary/aromatic N) is 2. The second kappa shape index (κ2) is 11.5. The summed E-state index contributed by atoms with van der Waals surface area (Å²) >= 11 is 0. The molecule has 10 rings (SSSR count). The van der Waals surface area contributed by atoms with Crippen molar-refractivity contribution in [3.8, 4) is 44.9 Å². The van der Waals surface area contributed by atoms with E-state index in [2.05, 4.69) is 158 Å². The summed E-state index contributed by atoms with van der Waals surface area (Å²) in [6.45, 7) is 0. The molecule has 0 aliphatic heterocycles. The third kappa shape index (κ3) is 4.65. The van der Waals surface area contributed by atoms with E-state index in [9.17, 15) is 0 Å². The molecule has 1 aromatic heterocycles. The van der Waals surface area contributed by atoms with Gasteiger partial charge in [-0.2, -0.15) is 0 Å². The normalized spacial score (nSPS) is 11.6. The Morgan fingerprint density at radius 3 is 1.44 bits per heavy atom. The Balaban J connectivity index is 1.32. The van der Waals surface area contributed by atoms with Gasteiger partial charge in [-0.3, -0.25) is 0 Å². The predicted octanol–water partition coefficient (Wildman–Crippen LogP) is 12.9. The van der Waals surface area contributed by atoms with Crippen molar-refractivity contribution in [2.75, 3.05) is 0 Å². The van der Waals surface area contributed by atoms with Gasteiger partial charge in [0.25, 0.3) is 0 Å². The molecule has 2 heteroatoms. The molecule has 232 valence electrons. The quantitative estimate of drug-likeness (QED) is 0.180. The van der Waals surface area contributed by atoms with E-state index < -0.39 is 0 Å². The summed E-state index contributed by atoms with van der Waals surface area (Å²) in [4.78, 5) is 10.3. The monoisotopic (exact) mass is 634 g/mol. The fourth-order valence-corrected chi connectivity index (χ4v) is 7.65. The smallest absolute Gasteiger partial charge is 0.160 e. The second-order valence-corrected chi connectivity index (χ2v) is 13.0. The van der Waals surface area contributed by atoms with Crippen molar-refractivity contribution in [2.45, 2.75) is 0 Å². The summed E-state index contributed by atoms with van der Waals surface area (Å²) in [5.41, 5.74) is 8.81. The van der Waals surface area contributed by atoms with E-state index in [0.717, 1.165) is 33.5 Å². The van der Waals surface area contributed by atoms with Gasteiger partial charge in [0.05, 0.1) is 11.2 Å². The molecule has 0 radical (unpaired) electrons. The van der Waals surface area contributed by atoms with Crippen molar-refractivity contribution >= 4 is 54.0 Å². The SMILES string of the molecule is c1ccc(-c2nc(-c3ccc4c(-c5ccc6ccccc6c5)c5ccccc5c(-c5ccc6ccccc6c5)c4c3)c3ccccc3n2)cc1. The van der Waals surface area contributed by atoms with Crippen LogP contribution >= 0.6 is 0 Å². The molecule has 1 heterocycles. The van der Waals surface area contributed by atoms with Crippen LogP contribution in [0.15, 0.2) is 182 Å². The van der Waals surface area contributed by atoms with Crippen LogP contribution in [0, 0.1) is 0 Å². The third-order valence-corrected chi connectivity index (χ3v) is 10.0. The van der Waals surface area contributed by atoms with Crippen LogP contribution in [0.4, 0.5) is 0 Å². The first kappa shape index (κ1) is 28.4. The first-order valence-electron chi connectivity index (χ1n) is 17.1. The summed E-state index contributed by atoms with van der Waals surface area (Å²) in [5.74, 6) is 0.726. The fraction of sp³-hybridized carbons (Fsp3) is 0. The van der Waals surface area contributed by atoms with Crippen molar-refractivity contribution in [1.29, 1.82) is 0 Å². The van der Waals surface area contributed by atoms with Gasteiger partial charge in [0.15, 0.2) is 5.82 Å². The molecular weight excluding hydrogens is 605 g/mol. The van der Waals surface area contributed by atoms with Gasteiger partial charge in [0, 0.05) is 16.5 Å². The highest BCUT2D eigenvalue weighted by Gasteiger charge is 2.19. The fourth-order valence-electron chi connectivity index (χ4n) is 7.65. The van der Waals surface area contributed by atoms with Crippen molar-refractivity contribution in [3.05, 3.63) is 182 Å². The van der Waals surface area contributed by atoms with Crippen LogP contribution < -0.4 is 0 Å². The Hall–Kier alpha value is -6.64. The highest BCUT2D eigenvalue weighted by atomic mass is 14.9. The Bertz CT molecular complexity index is 2920. The largest absolute Gasteiger partial charge is 0.228 e. The number of aromatic nitrogens is 2. The van der Waals surface area contributed by atoms with Crippen molar-refractivity contribution in [2.24, 2.45) is 0 Å². The van der Waals surface area contributed by atoms with E-state index in [4.69, 9.17) is 9.97 Å². The lowest BCUT2D eigenvalue weighted by Gasteiger charge is -2.19. The minimum Gasteiger partial charge on any atom is -0.228 e. The standard InChI is InChI=1S/C48H30N2/c1-2-14-33(15-3-1)48-49-44-21-11-10-20-42(44)47(50-48)38-26-27-41-43(30-38)46(37-25-23-32-13-5-7-17-35(32)29-37)40-19-9-8-18-39(40)45(41)36-24-22-31-12-4-6-16-34(31)28-36/h1-30H. The first-order chi connectivity index (χ1) is 24.8. The number of para-hydroxylation sites is 1. The Labute approximate surface area is 290 Å². The van der Waals surface area contributed by atoms with Gasteiger partial charge in [-0.15, -0.1) is 0 Å². The molecule has 0 amide bonds. The van der Waals surface area contributed by atoms with Gasteiger partial charge < -0.3 is 0 Å². The van der Waals surface area contributed by atoms with Crippen LogP contribution in [0.2, 0.25) is 0 Å². The first-order valence-corrected chi connectivity index (χ1v) is 17.1. The molecule has 0 unspecified atom stereocenters. The molecule has 10 aromatic rings. The molecule has 0 fully saturated rings. The lowest BCUT2D eigenvalue weighted by molar-refractivity contribution is 1.23. The Kier molecular flexibility index (Phi) is 6.53. The summed E-state index contributed by atoms with van der Waals surface area (Å²) in [5, 5.41) is 10.9. The second-order valence-electron chi connectivity index (χ2n) is 13.0. The topological polar surface area (TPSA) is 25.8 Å². The molecule has 0 aliphatic carbocycles. The molecule has 2 nitrogen and oxygen atoms in total. The van der Waals surface area contributed by atoms with Crippen molar-refractivity contribution in [1.82, 2.24) is 9.97 Å². The van der Waals surface area contributed by atoms with Crippen LogP contribution in [0.25, 0.3) is 98.9 Å². The average Bonchev–Trinajstić information content (AvgIpc) is 3.19. The van der Waals surface area contributed by atoms with Gasteiger partial charge in [-0.1, -0.05) is 158 Å². The molecule has 50 heavy (non-hydrogen) atoms. The van der Waals surface area contributed by atoms with Gasteiger partial charge in [-0.25, -0.2) is 9.97 Å². The number of hydrogen-bond acceptors (Lipinski definition) is 2. The van der Waals surface area contributed by atoms with Gasteiger partial charge in [-0.05, 0) is 89.6 Å². The molecular formula is C48H30N2. The zero-order valence-electron chi connectivity index (χ0n) is 27.2. The molecule has 0 N–H and O–H groups in total. The van der Waals surface area contributed by atoms with Gasteiger partial charge >= 0.3 is 0 Å². The maximum atomic E-state index is 5.26. The van der Waals surface area contributed by atoms with E-state index >= 15 is 0 Å². The van der Waals surface area contributed by atoms with E-state index in [-0.39, 0.29) is 0 Å². The molecule has 0 saturated carbocycles. The summed E-state index contributed by atoms with van der Waals surface area (Å²) < 4.78 is 0. The molecule has 0 aliphatic rings. The number of benzene rings is 9. The Morgan fingerprint density at radius 1 is 0.280 bits per heavy atom. The molecule has 0 atom stereocenters. The van der Waals surface area contributed by atoms with E-state index in [0.29, 0.717) is 0 Å². The van der Waals surface area contributed by atoms with E-state index in [1.54, 1.807) is 0 Å². The van der Waals surface area contributed by atoms with Crippen molar-refractivity contribution in [3.63, 3.8) is 0 Å². The van der Waals surface area contributed by atoms with Gasteiger partial charge in [0.2, 0.25) is 0 Å². The van der Waals surface area contributed by atoms with Crippen LogP contribution in [0.3, 0.4) is 0 Å². The van der Waals surface area contributed by atoms with E-state index in [1.807, 2.05) is 24.3 Å². The summed E-state index contributed by atoms with van der Waals surface area (Å²) in [6.07, 6.45) is 0. The molecule has 0 bridgehead atoms. The predicted molar refractivity (Wildman–Crippen MR) is 211 cm³/mol. The zero-order valence-corrected chi connectivity index (χ0v) is 27.2. The lowest BCUT2D eigenvalue weighted by Crippen LogP contribution is -1.96. The number of fused-ring (bicyclic) bond motifs is 5. The Morgan fingerprint density at radius 2 is 0.780 bits per heavy atom. The summed E-state index contributed by atoms with van der Waals surface area (Å²) in [7, 11) is 0. The average molecular weight is 635 g/mol. The van der Waals surface area contributed by atoms with Crippen molar-refractivity contribution < 1.29 is 0 Å². The number of hydrogen-bond donors (Lipinski definition) is 0. The van der Waals surface area contributed by atoms with Gasteiger partial charge in [0.1, 0.15) is 0 Å². The third-order valence-electron chi connectivity index (χ3n) is 10.0. The lowest BCUT2D eigenvalue weighted by atomic mass is 9.84.